The van der Waals surface area contributed by atoms with Crippen molar-refractivity contribution in [1.82, 2.24) is 4.90 Å². The van der Waals surface area contributed by atoms with Gasteiger partial charge in [0, 0.05) is 13.1 Å². The number of likely N-dealkylation sites (tertiary alicyclic amines) is 1. The molecule has 1 saturated carbocycles. The Hall–Kier alpha value is -0.570. The number of rotatable bonds is 3. The molecule has 1 N–H and O–H groups in total. The first-order valence-electron chi connectivity index (χ1n) is 4.74. The van der Waals surface area contributed by atoms with Crippen LogP contribution in [0.5, 0.6) is 0 Å². The molecule has 0 aromatic carbocycles. The summed E-state index contributed by atoms with van der Waals surface area (Å²) in [4.78, 5) is 12.7. The molecule has 0 aromatic heterocycles. The maximum Gasteiger partial charge on any atom is 0.320 e. The quantitative estimate of drug-likeness (QED) is 0.683. The highest BCUT2D eigenvalue weighted by Crippen LogP contribution is 2.30. The van der Waals surface area contributed by atoms with Crippen LogP contribution in [0.25, 0.3) is 0 Å². The molecule has 1 aliphatic heterocycles. The summed E-state index contributed by atoms with van der Waals surface area (Å²) in [5.74, 6) is 0.160. The molecule has 1 heterocycles. The van der Waals surface area contributed by atoms with Gasteiger partial charge in [0.05, 0.1) is 0 Å². The van der Waals surface area contributed by atoms with E-state index in [4.69, 9.17) is 5.11 Å². The van der Waals surface area contributed by atoms with Crippen molar-refractivity contribution in [3.63, 3.8) is 0 Å². The Labute approximate surface area is 72.4 Å². The Morgan fingerprint density at radius 1 is 1.42 bits per heavy atom. The summed E-state index contributed by atoms with van der Waals surface area (Å²) in [7, 11) is 0. The van der Waals surface area contributed by atoms with Crippen molar-refractivity contribution in [3.05, 3.63) is 0 Å². The van der Waals surface area contributed by atoms with Gasteiger partial charge in [0.1, 0.15) is 6.04 Å². The molecule has 2 rings (SSSR count). The van der Waals surface area contributed by atoms with E-state index >= 15 is 0 Å². The predicted molar refractivity (Wildman–Crippen MR) is 45.0 cm³/mol. The second-order valence-corrected chi connectivity index (χ2v) is 3.93. The van der Waals surface area contributed by atoms with Crippen LogP contribution in [-0.4, -0.2) is 35.1 Å². The molecule has 12 heavy (non-hydrogen) atoms. The Balaban J connectivity index is 1.76. The summed E-state index contributed by atoms with van der Waals surface area (Å²) in [6.07, 6.45) is 4.81. The molecule has 0 bridgehead atoms. The van der Waals surface area contributed by atoms with Gasteiger partial charge in [-0.25, -0.2) is 0 Å². The minimum Gasteiger partial charge on any atom is -0.480 e. The van der Waals surface area contributed by atoms with E-state index in [0.717, 1.165) is 25.4 Å². The van der Waals surface area contributed by atoms with E-state index in [-0.39, 0.29) is 6.04 Å². The lowest BCUT2D eigenvalue weighted by Crippen LogP contribution is -2.54. The van der Waals surface area contributed by atoms with Gasteiger partial charge in [0.25, 0.3) is 0 Å². The molecule has 1 saturated heterocycles. The fourth-order valence-corrected chi connectivity index (χ4v) is 1.95. The maximum atomic E-state index is 10.6. The van der Waals surface area contributed by atoms with Crippen molar-refractivity contribution in [2.75, 3.05) is 13.1 Å². The van der Waals surface area contributed by atoms with E-state index in [1.54, 1.807) is 0 Å². The molecule has 0 amide bonds. The van der Waals surface area contributed by atoms with Crippen molar-refractivity contribution in [1.29, 1.82) is 0 Å². The van der Waals surface area contributed by atoms with E-state index < -0.39 is 5.97 Å². The van der Waals surface area contributed by atoms with Crippen molar-refractivity contribution in [3.8, 4) is 0 Å². The van der Waals surface area contributed by atoms with E-state index in [1.807, 2.05) is 0 Å². The second kappa shape index (κ2) is 3.05. The number of nitrogens with zero attached hydrogens (tertiary/aromatic N) is 1. The molecule has 1 atom stereocenters. The fraction of sp³-hybridized carbons (Fsp3) is 0.889. The van der Waals surface area contributed by atoms with Gasteiger partial charge in [-0.1, -0.05) is 6.42 Å². The Bertz CT molecular complexity index is 189. The van der Waals surface area contributed by atoms with Gasteiger partial charge >= 0.3 is 5.97 Å². The number of hydrogen-bond acceptors (Lipinski definition) is 2. The molecular formula is C9H15NO2. The van der Waals surface area contributed by atoms with Gasteiger partial charge < -0.3 is 5.11 Å². The van der Waals surface area contributed by atoms with Gasteiger partial charge in [-0.3, -0.25) is 9.69 Å². The van der Waals surface area contributed by atoms with Crippen LogP contribution in [0.3, 0.4) is 0 Å². The normalized spacial score (nSPS) is 30.8. The lowest BCUT2D eigenvalue weighted by molar-refractivity contribution is -0.148. The SMILES string of the molecule is O=C(O)C1CCN1CC1CCC1. The van der Waals surface area contributed by atoms with Crippen LogP contribution in [0.2, 0.25) is 0 Å². The third-order valence-electron chi connectivity index (χ3n) is 3.13. The fourth-order valence-electron chi connectivity index (χ4n) is 1.95. The van der Waals surface area contributed by atoms with Crippen LogP contribution < -0.4 is 0 Å². The zero-order valence-electron chi connectivity index (χ0n) is 7.20. The van der Waals surface area contributed by atoms with Crippen LogP contribution in [-0.2, 0) is 4.79 Å². The van der Waals surface area contributed by atoms with Crippen LogP contribution in [0, 0.1) is 5.92 Å². The highest BCUT2D eigenvalue weighted by atomic mass is 16.4. The summed E-state index contributed by atoms with van der Waals surface area (Å²) >= 11 is 0. The highest BCUT2D eigenvalue weighted by molar-refractivity contribution is 5.74. The molecule has 3 nitrogen and oxygen atoms in total. The number of carboxylic acid groups (broad SMARTS) is 1. The van der Waals surface area contributed by atoms with E-state index in [2.05, 4.69) is 4.90 Å². The first-order chi connectivity index (χ1) is 5.77. The van der Waals surface area contributed by atoms with Gasteiger partial charge in [0.15, 0.2) is 0 Å². The van der Waals surface area contributed by atoms with Crippen LogP contribution in [0.1, 0.15) is 25.7 Å². The average molecular weight is 169 g/mol. The molecule has 0 spiro atoms. The Kier molecular flexibility index (Phi) is 2.05. The van der Waals surface area contributed by atoms with E-state index in [0.29, 0.717) is 0 Å². The molecule has 1 aliphatic carbocycles. The van der Waals surface area contributed by atoms with Gasteiger partial charge in [-0.05, 0) is 25.2 Å². The van der Waals surface area contributed by atoms with Crippen molar-refractivity contribution >= 4 is 5.97 Å². The molecular weight excluding hydrogens is 154 g/mol. The summed E-state index contributed by atoms with van der Waals surface area (Å²) in [6, 6.07) is -0.161. The largest absolute Gasteiger partial charge is 0.480 e. The number of carboxylic acids is 1. The predicted octanol–water partition coefficient (Wildman–Crippen LogP) is 0.945. The molecule has 1 unspecified atom stereocenters. The van der Waals surface area contributed by atoms with Crippen molar-refractivity contribution in [2.24, 2.45) is 5.92 Å². The summed E-state index contributed by atoms with van der Waals surface area (Å²) in [6.45, 7) is 2.02. The third-order valence-corrected chi connectivity index (χ3v) is 3.13. The van der Waals surface area contributed by atoms with E-state index in [1.165, 1.54) is 19.3 Å². The van der Waals surface area contributed by atoms with Gasteiger partial charge in [0.2, 0.25) is 0 Å². The third kappa shape index (κ3) is 1.33. The summed E-state index contributed by atoms with van der Waals surface area (Å²) < 4.78 is 0. The van der Waals surface area contributed by atoms with Crippen LogP contribution in [0.15, 0.2) is 0 Å². The Morgan fingerprint density at radius 2 is 2.17 bits per heavy atom. The van der Waals surface area contributed by atoms with Crippen molar-refractivity contribution in [2.45, 2.75) is 31.7 Å². The standard InChI is InChI=1S/C9H15NO2/c11-9(12)8-4-5-10(8)6-7-2-1-3-7/h7-8H,1-6H2,(H,11,12). The lowest BCUT2D eigenvalue weighted by Gasteiger charge is -2.42. The lowest BCUT2D eigenvalue weighted by atomic mass is 9.84. The zero-order valence-corrected chi connectivity index (χ0v) is 7.20. The Morgan fingerprint density at radius 3 is 2.50 bits per heavy atom. The van der Waals surface area contributed by atoms with Gasteiger partial charge in [-0.15, -0.1) is 0 Å². The highest BCUT2D eigenvalue weighted by Gasteiger charge is 2.35. The van der Waals surface area contributed by atoms with Gasteiger partial charge in [-0.2, -0.15) is 0 Å². The number of hydrogen-bond donors (Lipinski definition) is 1. The molecule has 3 heteroatoms. The molecule has 0 aromatic rings. The minimum absolute atomic E-state index is 0.161. The summed E-state index contributed by atoms with van der Waals surface area (Å²) in [5, 5.41) is 8.77. The monoisotopic (exact) mass is 169 g/mol. The molecule has 68 valence electrons. The molecule has 2 fully saturated rings. The first kappa shape index (κ1) is 8.05. The summed E-state index contributed by atoms with van der Waals surface area (Å²) in [5.41, 5.74) is 0. The van der Waals surface area contributed by atoms with Crippen molar-refractivity contribution < 1.29 is 9.90 Å². The first-order valence-corrected chi connectivity index (χ1v) is 4.74. The molecule has 2 aliphatic rings. The minimum atomic E-state index is -0.638. The smallest absolute Gasteiger partial charge is 0.320 e. The second-order valence-electron chi connectivity index (χ2n) is 3.93. The number of aliphatic carboxylic acids is 1. The van der Waals surface area contributed by atoms with Crippen LogP contribution >= 0.6 is 0 Å². The number of carbonyl (C=O) groups is 1. The molecule has 0 radical (unpaired) electrons. The topological polar surface area (TPSA) is 40.5 Å². The van der Waals surface area contributed by atoms with Crippen LogP contribution in [0.4, 0.5) is 0 Å². The zero-order chi connectivity index (χ0) is 8.55. The maximum absolute atomic E-state index is 10.6. The average Bonchev–Trinajstić information content (AvgIpc) is 1.79. The van der Waals surface area contributed by atoms with E-state index in [9.17, 15) is 4.79 Å².